The van der Waals surface area contributed by atoms with Gasteiger partial charge in [-0.1, -0.05) is 0 Å². The lowest BCUT2D eigenvalue weighted by molar-refractivity contribution is -0.129. The number of hydrogen-bond acceptors (Lipinski definition) is 5. The number of carbonyl (C=O) groups is 2. The van der Waals surface area contributed by atoms with Crippen molar-refractivity contribution in [2.24, 2.45) is 0 Å². The van der Waals surface area contributed by atoms with Crippen LogP contribution in [-0.4, -0.2) is 40.4 Å². The first-order valence-electron chi connectivity index (χ1n) is 8.11. The minimum Gasteiger partial charge on any atom is -0.465 e. The predicted molar refractivity (Wildman–Crippen MR) is 95.5 cm³/mol. The van der Waals surface area contributed by atoms with Gasteiger partial charge < -0.3 is 14.6 Å². The van der Waals surface area contributed by atoms with Crippen molar-refractivity contribution >= 4 is 34.2 Å². The summed E-state index contributed by atoms with van der Waals surface area (Å²) in [6.45, 7) is 2.87. The van der Waals surface area contributed by atoms with Crippen molar-refractivity contribution in [1.29, 1.82) is 0 Å². The predicted octanol–water partition coefficient (Wildman–Crippen LogP) is 3.12. The van der Waals surface area contributed by atoms with Crippen molar-refractivity contribution in [3.05, 3.63) is 40.0 Å². The van der Waals surface area contributed by atoms with Crippen LogP contribution in [0.15, 0.2) is 18.2 Å². The first kappa shape index (κ1) is 16.7. The quantitative estimate of drug-likeness (QED) is 0.701. The summed E-state index contributed by atoms with van der Waals surface area (Å²) in [4.78, 5) is 35.0. The van der Waals surface area contributed by atoms with E-state index in [0.29, 0.717) is 29.9 Å². The van der Waals surface area contributed by atoms with Gasteiger partial charge in [0.25, 0.3) is 0 Å². The van der Waals surface area contributed by atoms with Crippen molar-refractivity contribution in [3.8, 4) is 10.7 Å². The number of H-pyrrole nitrogens is 1. The van der Waals surface area contributed by atoms with Crippen molar-refractivity contribution in [2.75, 3.05) is 13.7 Å². The largest absolute Gasteiger partial charge is 0.465 e. The third-order valence-corrected chi connectivity index (χ3v) is 5.75. The average Bonchev–Trinajstić information content (AvgIpc) is 3.22. The minimum absolute atomic E-state index is 0.0605. The van der Waals surface area contributed by atoms with Crippen molar-refractivity contribution in [3.63, 3.8) is 0 Å². The van der Waals surface area contributed by atoms with E-state index in [2.05, 4.69) is 9.97 Å². The summed E-state index contributed by atoms with van der Waals surface area (Å²) >= 11 is 1.60. The Balaban J connectivity index is 1.77. The van der Waals surface area contributed by atoms with Gasteiger partial charge in [0.15, 0.2) is 0 Å². The van der Waals surface area contributed by atoms with Crippen LogP contribution in [0.3, 0.4) is 0 Å². The maximum Gasteiger partial charge on any atom is 0.340 e. The van der Waals surface area contributed by atoms with E-state index in [-0.39, 0.29) is 11.5 Å². The fourth-order valence-electron chi connectivity index (χ4n) is 3.18. The molecule has 0 aliphatic carbocycles. The highest BCUT2D eigenvalue weighted by Crippen LogP contribution is 2.35. The molecule has 1 amide bonds. The molecule has 26 heavy (non-hydrogen) atoms. The number of thiophene rings is 1. The minimum atomic E-state index is -0.630. The molecule has 0 bridgehead atoms. The van der Waals surface area contributed by atoms with Gasteiger partial charge in [0.05, 0.1) is 23.1 Å². The first-order valence-corrected chi connectivity index (χ1v) is 8.93. The van der Waals surface area contributed by atoms with Crippen LogP contribution in [0, 0.1) is 5.82 Å². The average molecular weight is 373 g/mol. The number of halogens is 1. The summed E-state index contributed by atoms with van der Waals surface area (Å²) in [5.74, 6) is -0.527. The van der Waals surface area contributed by atoms with E-state index < -0.39 is 11.8 Å². The molecule has 0 fully saturated rings. The van der Waals surface area contributed by atoms with E-state index in [9.17, 15) is 14.0 Å². The highest BCUT2D eigenvalue weighted by atomic mass is 32.1. The summed E-state index contributed by atoms with van der Waals surface area (Å²) in [5, 5.41) is 0. The second-order valence-corrected chi connectivity index (χ2v) is 7.31. The van der Waals surface area contributed by atoms with Gasteiger partial charge in [-0.3, -0.25) is 4.79 Å². The van der Waals surface area contributed by atoms with Crippen LogP contribution in [0.1, 0.15) is 27.7 Å². The van der Waals surface area contributed by atoms with E-state index in [1.54, 1.807) is 18.3 Å². The Labute approximate surface area is 152 Å². The molecule has 1 aliphatic rings. The van der Waals surface area contributed by atoms with E-state index in [1.165, 1.54) is 18.1 Å². The number of imidazole rings is 1. The standard InChI is InChI=1S/C18H16FN3O3S/c1-9(23)22-4-3-14-10(8-22)5-15(26-14)17-20-13-7-11(19)6-12(16(13)21-17)18(24)25-2/h5-7H,3-4,8H2,1-2H3,(H,20,21). The Morgan fingerprint density at radius 2 is 2.15 bits per heavy atom. The summed E-state index contributed by atoms with van der Waals surface area (Å²) in [5.41, 5.74) is 2.02. The Hall–Kier alpha value is -2.74. The Kier molecular flexibility index (Phi) is 3.99. The molecule has 3 aromatic rings. The van der Waals surface area contributed by atoms with E-state index in [1.807, 2.05) is 11.0 Å². The molecule has 0 saturated heterocycles. The van der Waals surface area contributed by atoms with Gasteiger partial charge in [-0.15, -0.1) is 11.3 Å². The molecule has 3 heterocycles. The maximum atomic E-state index is 13.8. The zero-order chi connectivity index (χ0) is 18.4. The number of ether oxygens (including phenoxy) is 1. The Morgan fingerprint density at radius 3 is 2.88 bits per heavy atom. The highest BCUT2D eigenvalue weighted by molar-refractivity contribution is 7.15. The van der Waals surface area contributed by atoms with Crippen molar-refractivity contribution in [1.82, 2.24) is 14.9 Å². The first-order chi connectivity index (χ1) is 12.5. The van der Waals surface area contributed by atoms with Gasteiger partial charge in [-0.2, -0.15) is 0 Å². The molecular formula is C18H16FN3O3S. The summed E-state index contributed by atoms with van der Waals surface area (Å²) in [7, 11) is 1.25. The molecule has 0 unspecified atom stereocenters. The summed E-state index contributed by atoms with van der Waals surface area (Å²) in [6.07, 6.45) is 0.807. The van der Waals surface area contributed by atoms with Gasteiger partial charge in [0, 0.05) is 24.9 Å². The number of aromatic amines is 1. The molecule has 134 valence electrons. The monoisotopic (exact) mass is 373 g/mol. The molecule has 0 spiro atoms. The van der Waals surface area contributed by atoms with E-state index in [4.69, 9.17) is 4.74 Å². The second-order valence-electron chi connectivity index (χ2n) is 6.18. The number of benzene rings is 1. The van der Waals surface area contributed by atoms with E-state index >= 15 is 0 Å². The molecule has 0 radical (unpaired) electrons. The smallest absolute Gasteiger partial charge is 0.340 e. The lowest BCUT2D eigenvalue weighted by atomic mass is 10.1. The van der Waals surface area contributed by atoms with Gasteiger partial charge in [-0.25, -0.2) is 14.2 Å². The third-order valence-electron chi connectivity index (χ3n) is 4.50. The van der Waals surface area contributed by atoms with Gasteiger partial charge in [-0.05, 0) is 30.2 Å². The molecule has 0 saturated carbocycles. The number of amides is 1. The van der Waals surface area contributed by atoms with Crippen LogP contribution in [-0.2, 0) is 22.5 Å². The number of nitrogens with one attached hydrogen (secondary N) is 1. The number of rotatable bonds is 2. The molecule has 1 aromatic carbocycles. The number of carbonyl (C=O) groups excluding carboxylic acids is 2. The lowest BCUT2D eigenvalue weighted by Crippen LogP contribution is -2.33. The number of esters is 1. The molecular weight excluding hydrogens is 357 g/mol. The number of fused-ring (bicyclic) bond motifs is 2. The summed E-state index contributed by atoms with van der Waals surface area (Å²) < 4.78 is 18.5. The van der Waals surface area contributed by atoms with Gasteiger partial charge in [0.1, 0.15) is 17.2 Å². The number of nitrogens with zero attached hydrogens (tertiary/aromatic N) is 2. The molecule has 1 N–H and O–H groups in total. The molecule has 2 aromatic heterocycles. The van der Waals surface area contributed by atoms with Gasteiger partial charge in [0.2, 0.25) is 5.91 Å². The van der Waals surface area contributed by atoms with Crippen LogP contribution in [0.5, 0.6) is 0 Å². The fraction of sp³-hybridized carbons (Fsp3) is 0.278. The summed E-state index contributed by atoms with van der Waals surface area (Å²) in [6, 6.07) is 4.44. The van der Waals surface area contributed by atoms with Crippen LogP contribution in [0.4, 0.5) is 4.39 Å². The third kappa shape index (κ3) is 2.76. The lowest BCUT2D eigenvalue weighted by Gasteiger charge is -2.25. The van der Waals surface area contributed by atoms with Crippen molar-refractivity contribution < 1.29 is 18.7 Å². The topological polar surface area (TPSA) is 75.3 Å². The van der Waals surface area contributed by atoms with Crippen LogP contribution in [0.25, 0.3) is 21.7 Å². The van der Waals surface area contributed by atoms with Crippen LogP contribution >= 0.6 is 11.3 Å². The number of hydrogen-bond donors (Lipinski definition) is 1. The molecule has 6 nitrogen and oxygen atoms in total. The normalized spacial score (nSPS) is 13.7. The van der Waals surface area contributed by atoms with E-state index in [0.717, 1.165) is 22.9 Å². The SMILES string of the molecule is COC(=O)c1cc(F)cc2[nH]c(-c3cc4c(s3)CCN(C(C)=O)C4)nc12. The fourth-order valence-corrected chi connectivity index (χ4v) is 4.29. The molecule has 4 rings (SSSR count). The number of aromatic nitrogens is 2. The highest BCUT2D eigenvalue weighted by Gasteiger charge is 2.23. The Morgan fingerprint density at radius 1 is 1.35 bits per heavy atom. The molecule has 0 atom stereocenters. The second kappa shape index (κ2) is 6.21. The van der Waals surface area contributed by atoms with Gasteiger partial charge >= 0.3 is 5.97 Å². The zero-order valence-electron chi connectivity index (χ0n) is 14.3. The molecule has 8 heteroatoms. The van der Waals surface area contributed by atoms with Crippen LogP contribution in [0.2, 0.25) is 0 Å². The Bertz CT molecular complexity index is 1040. The molecule has 1 aliphatic heterocycles. The van der Waals surface area contributed by atoms with Crippen LogP contribution < -0.4 is 0 Å². The maximum absolute atomic E-state index is 13.8. The number of methoxy groups -OCH3 is 1. The zero-order valence-corrected chi connectivity index (χ0v) is 15.1. The van der Waals surface area contributed by atoms with Crippen molar-refractivity contribution in [2.45, 2.75) is 19.9 Å².